The van der Waals surface area contributed by atoms with Gasteiger partial charge in [-0.25, -0.2) is 4.98 Å². The van der Waals surface area contributed by atoms with Crippen molar-refractivity contribution in [3.8, 4) is 0 Å². The first-order chi connectivity index (χ1) is 8.66. The van der Waals surface area contributed by atoms with E-state index in [-0.39, 0.29) is 5.91 Å². The van der Waals surface area contributed by atoms with Gasteiger partial charge in [-0.1, -0.05) is 23.5 Å². The maximum atomic E-state index is 11.2. The molecule has 4 N–H and O–H groups in total. The van der Waals surface area contributed by atoms with Crippen molar-refractivity contribution in [2.75, 3.05) is 18.4 Å². The predicted octanol–water partition coefficient (Wildman–Crippen LogP) is 1.17. The monoisotopic (exact) mass is 264 g/mol. The smallest absolute Gasteiger partial charge is 0.236 e. The summed E-state index contributed by atoms with van der Waals surface area (Å²) in [6.45, 7) is 2.84. The van der Waals surface area contributed by atoms with Crippen LogP contribution in [-0.4, -0.2) is 30.0 Å². The molecule has 1 amide bonds. The molecule has 2 aromatic rings. The Morgan fingerprint density at radius 1 is 1.44 bits per heavy atom. The van der Waals surface area contributed by atoms with Crippen molar-refractivity contribution in [2.45, 2.75) is 13.0 Å². The number of amides is 1. The van der Waals surface area contributed by atoms with Gasteiger partial charge in [-0.05, 0) is 19.1 Å². The molecule has 0 aliphatic carbocycles. The Kier molecular flexibility index (Phi) is 4.11. The van der Waals surface area contributed by atoms with Crippen LogP contribution >= 0.6 is 11.3 Å². The Morgan fingerprint density at radius 3 is 2.94 bits per heavy atom. The van der Waals surface area contributed by atoms with Crippen LogP contribution in [0.15, 0.2) is 24.3 Å². The molecule has 96 valence electrons. The number of hydrogen-bond donors (Lipinski definition) is 3. The molecule has 18 heavy (non-hydrogen) atoms. The Morgan fingerprint density at radius 2 is 2.22 bits per heavy atom. The molecule has 1 heterocycles. The van der Waals surface area contributed by atoms with Crippen molar-refractivity contribution in [1.82, 2.24) is 10.3 Å². The van der Waals surface area contributed by atoms with Crippen LogP contribution < -0.4 is 16.4 Å². The van der Waals surface area contributed by atoms with Crippen LogP contribution in [-0.2, 0) is 4.79 Å². The van der Waals surface area contributed by atoms with Gasteiger partial charge in [0.2, 0.25) is 5.91 Å². The lowest BCUT2D eigenvalue weighted by atomic mass is 10.3. The first-order valence-corrected chi connectivity index (χ1v) is 6.61. The van der Waals surface area contributed by atoms with E-state index in [0.29, 0.717) is 13.1 Å². The Labute approximate surface area is 109 Å². The van der Waals surface area contributed by atoms with Gasteiger partial charge >= 0.3 is 0 Å². The Bertz CT molecular complexity index is 505. The minimum absolute atomic E-state index is 0.138. The highest BCUT2D eigenvalue weighted by Gasteiger charge is 2.06. The number of fused-ring (bicyclic) bond motifs is 1. The summed E-state index contributed by atoms with van der Waals surface area (Å²) in [4.78, 5) is 15.7. The summed E-state index contributed by atoms with van der Waals surface area (Å²) >= 11 is 1.60. The van der Waals surface area contributed by atoms with Crippen molar-refractivity contribution >= 4 is 32.6 Å². The lowest BCUT2D eigenvalue weighted by Gasteiger charge is -2.07. The fraction of sp³-hybridized carbons (Fsp3) is 0.333. The van der Waals surface area contributed by atoms with E-state index in [2.05, 4.69) is 15.6 Å². The zero-order valence-corrected chi connectivity index (χ0v) is 11.0. The zero-order chi connectivity index (χ0) is 13.0. The number of nitrogens with two attached hydrogens (primary N) is 1. The quantitative estimate of drug-likeness (QED) is 0.708. The molecule has 0 fully saturated rings. The summed E-state index contributed by atoms with van der Waals surface area (Å²) in [6.07, 6.45) is 0. The Balaban J connectivity index is 1.82. The van der Waals surface area contributed by atoms with Gasteiger partial charge in [0, 0.05) is 13.1 Å². The summed E-state index contributed by atoms with van der Waals surface area (Å²) in [6, 6.07) is 7.51. The summed E-state index contributed by atoms with van der Waals surface area (Å²) in [7, 11) is 0. The minimum atomic E-state index is -0.465. The first kappa shape index (κ1) is 12.8. The van der Waals surface area contributed by atoms with Crippen molar-refractivity contribution in [3.63, 3.8) is 0 Å². The lowest BCUT2D eigenvalue weighted by molar-refractivity contribution is -0.121. The predicted molar refractivity (Wildman–Crippen MR) is 74.8 cm³/mol. The minimum Gasteiger partial charge on any atom is -0.360 e. The van der Waals surface area contributed by atoms with Crippen LogP contribution in [0, 0.1) is 0 Å². The number of thiazole rings is 1. The van der Waals surface area contributed by atoms with Gasteiger partial charge in [0.1, 0.15) is 0 Å². The molecule has 0 spiro atoms. The van der Waals surface area contributed by atoms with Gasteiger partial charge in [0.25, 0.3) is 0 Å². The number of carbonyl (C=O) groups excluding carboxylic acids is 1. The number of rotatable bonds is 5. The van der Waals surface area contributed by atoms with E-state index in [1.54, 1.807) is 18.3 Å². The molecule has 0 aliphatic rings. The number of benzene rings is 1. The van der Waals surface area contributed by atoms with E-state index in [9.17, 15) is 4.79 Å². The van der Waals surface area contributed by atoms with Crippen LogP contribution in [0.25, 0.3) is 10.2 Å². The summed E-state index contributed by atoms with van der Waals surface area (Å²) in [5, 5.41) is 6.78. The zero-order valence-electron chi connectivity index (χ0n) is 10.1. The van der Waals surface area contributed by atoms with E-state index >= 15 is 0 Å². The largest absolute Gasteiger partial charge is 0.360 e. The summed E-state index contributed by atoms with van der Waals surface area (Å²) in [5.41, 5.74) is 6.43. The van der Waals surface area contributed by atoms with E-state index in [0.717, 1.165) is 15.3 Å². The first-order valence-electron chi connectivity index (χ1n) is 5.79. The van der Waals surface area contributed by atoms with E-state index < -0.39 is 6.04 Å². The van der Waals surface area contributed by atoms with Gasteiger partial charge in [-0.15, -0.1) is 0 Å². The average molecular weight is 264 g/mol. The van der Waals surface area contributed by atoms with Crippen molar-refractivity contribution in [3.05, 3.63) is 24.3 Å². The van der Waals surface area contributed by atoms with Crippen LogP contribution in [0.2, 0.25) is 0 Å². The van der Waals surface area contributed by atoms with Crippen molar-refractivity contribution < 1.29 is 4.79 Å². The SMILES string of the molecule is CC(N)C(=O)NCCNc1nc2ccccc2s1. The standard InChI is InChI=1S/C12H16N4OS/c1-8(13)11(17)14-6-7-15-12-16-9-4-2-3-5-10(9)18-12/h2-5,8H,6-7,13H2,1H3,(H,14,17)(H,15,16). The number of hydrogen-bond acceptors (Lipinski definition) is 5. The number of aromatic nitrogens is 1. The topological polar surface area (TPSA) is 80.0 Å². The molecule has 0 saturated carbocycles. The molecule has 0 aliphatic heterocycles. The van der Waals surface area contributed by atoms with Crippen molar-refractivity contribution in [2.24, 2.45) is 5.73 Å². The van der Waals surface area contributed by atoms with Crippen LogP contribution in [0.1, 0.15) is 6.92 Å². The van der Waals surface area contributed by atoms with E-state index in [1.807, 2.05) is 24.3 Å². The number of carbonyl (C=O) groups is 1. The molecule has 6 heteroatoms. The maximum absolute atomic E-state index is 11.2. The van der Waals surface area contributed by atoms with E-state index in [1.165, 1.54) is 0 Å². The lowest BCUT2D eigenvalue weighted by Crippen LogP contribution is -2.40. The third-order valence-electron chi connectivity index (χ3n) is 2.41. The fourth-order valence-corrected chi connectivity index (χ4v) is 2.36. The molecule has 0 bridgehead atoms. The highest BCUT2D eigenvalue weighted by Crippen LogP contribution is 2.24. The molecule has 1 aromatic heterocycles. The average Bonchev–Trinajstić information content (AvgIpc) is 2.76. The Hall–Kier alpha value is -1.66. The molecule has 0 saturated heterocycles. The molecule has 1 atom stereocenters. The number of para-hydroxylation sites is 1. The van der Waals surface area contributed by atoms with Crippen molar-refractivity contribution in [1.29, 1.82) is 0 Å². The highest BCUT2D eigenvalue weighted by molar-refractivity contribution is 7.22. The second-order valence-electron chi connectivity index (χ2n) is 3.99. The molecular formula is C12H16N4OS. The maximum Gasteiger partial charge on any atom is 0.236 e. The van der Waals surface area contributed by atoms with Crippen LogP contribution in [0.3, 0.4) is 0 Å². The number of nitrogens with one attached hydrogen (secondary N) is 2. The number of anilines is 1. The molecule has 1 unspecified atom stereocenters. The third kappa shape index (κ3) is 3.18. The van der Waals surface area contributed by atoms with E-state index in [4.69, 9.17) is 5.73 Å². The normalized spacial score (nSPS) is 12.3. The van der Waals surface area contributed by atoms with Gasteiger partial charge in [-0.2, -0.15) is 0 Å². The van der Waals surface area contributed by atoms with Crippen LogP contribution in [0.5, 0.6) is 0 Å². The molecule has 5 nitrogen and oxygen atoms in total. The number of nitrogens with zero attached hydrogens (tertiary/aromatic N) is 1. The van der Waals surface area contributed by atoms with Gasteiger partial charge in [-0.3, -0.25) is 4.79 Å². The molecule has 2 rings (SSSR count). The van der Waals surface area contributed by atoms with Gasteiger partial charge in [0.05, 0.1) is 16.3 Å². The van der Waals surface area contributed by atoms with Crippen LogP contribution in [0.4, 0.5) is 5.13 Å². The molecule has 0 radical (unpaired) electrons. The summed E-state index contributed by atoms with van der Waals surface area (Å²) in [5.74, 6) is -0.138. The third-order valence-corrected chi connectivity index (χ3v) is 3.40. The second kappa shape index (κ2) is 5.79. The molecular weight excluding hydrogens is 248 g/mol. The highest BCUT2D eigenvalue weighted by atomic mass is 32.1. The fourth-order valence-electron chi connectivity index (χ4n) is 1.46. The summed E-state index contributed by atoms with van der Waals surface area (Å²) < 4.78 is 1.15. The second-order valence-corrected chi connectivity index (χ2v) is 5.02. The van der Waals surface area contributed by atoms with Gasteiger partial charge in [0.15, 0.2) is 5.13 Å². The van der Waals surface area contributed by atoms with Gasteiger partial charge < -0.3 is 16.4 Å². The molecule has 1 aromatic carbocycles.